The molecule has 2 amide bonds. The average molecular weight is 493 g/mol. The first-order valence-electron chi connectivity index (χ1n) is 9.21. The van der Waals surface area contributed by atoms with Crippen LogP contribution in [0.25, 0.3) is 0 Å². The summed E-state index contributed by atoms with van der Waals surface area (Å²) >= 11 is 12.1. The van der Waals surface area contributed by atoms with Gasteiger partial charge in [0.2, 0.25) is 0 Å². The first-order chi connectivity index (χ1) is 15.1. The summed E-state index contributed by atoms with van der Waals surface area (Å²) in [5.41, 5.74) is 0.876. The number of sulfone groups is 1. The molecule has 10 heteroatoms. The van der Waals surface area contributed by atoms with Crippen molar-refractivity contribution in [3.05, 3.63) is 82.3 Å². The van der Waals surface area contributed by atoms with Crippen LogP contribution in [0.3, 0.4) is 0 Å². The monoisotopic (exact) mass is 492 g/mol. The minimum atomic E-state index is -3.44. The second-order valence-electron chi connectivity index (χ2n) is 6.74. The Labute approximate surface area is 195 Å². The third-order valence-corrected chi connectivity index (χ3v) is 5.85. The Balaban J connectivity index is 1.62. The zero-order valence-electron chi connectivity index (χ0n) is 16.8. The zero-order chi connectivity index (χ0) is 23.3. The van der Waals surface area contributed by atoms with Crippen molar-refractivity contribution in [2.75, 3.05) is 23.5 Å². The van der Waals surface area contributed by atoms with Crippen molar-refractivity contribution in [2.45, 2.75) is 4.90 Å². The Morgan fingerprint density at radius 3 is 2.38 bits per heavy atom. The fourth-order valence-corrected chi connectivity index (χ4v) is 3.73. The van der Waals surface area contributed by atoms with Crippen molar-refractivity contribution in [3.8, 4) is 5.75 Å². The number of carbonyl (C=O) groups excluding carboxylic acids is 2. The summed E-state index contributed by atoms with van der Waals surface area (Å²) in [7, 11) is -3.44. The van der Waals surface area contributed by atoms with Crippen LogP contribution in [0.4, 0.5) is 11.4 Å². The first kappa shape index (κ1) is 23.6. The third-order valence-electron chi connectivity index (χ3n) is 4.19. The molecule has 166 valence electrons. The molecule has 0 unspecified atom stereocenters. The lowest BCUT2D eigenvalue weighted by molar-refractivity contribution is -0.118. The number of carbonyl (C=O) groups is 2. The fraction of sp³-hybridized carbons (Fsp3) is 0.0909. The van der Waals surface area contributed by atoms with Crippen LogP contribution in [-0.4, -0.2) is 33.1 Å². The minimum absolute atomic E-state index is 0.0364. The minimum Gasteiger partial charge on any atom is -0.484 e. The molecule has 0 aromatic heterocycles. The van der Waals surface area contributed by atoms with Gasteiger partial charge in [-0.3, -0.25) is 9.59 Å². The molecule has 2 N–H and O–H groups in total. The van der Waals surface area contributed by atoms with E-state index in [1.165, 1.54) is 36.4 Å². The summed E-state index contributed by atoms with van der Waals surface area (Å²) in [6, 6.07) is 16.9. The van der Waals surface area contributed by atoms with Crippen LogP contribution in [0.15, 0.2) is 71.6 Å². The highest BCUT2D eigenvalue weighted by Crippen LogP contribution is 2.26. The van der Waals surface area contributed by atoms with Crippen molar-refractivity contribution < 1.29 is 22.7 Å². The second-order valence-corrected chi connectivity index (χ2v) is 9.60. The predicted octanol–water partition coefficient (Wildman–Crippen LogP) is 4.67. The molecule has 0 heterocycles. The zero-order valence-corrected chi connectivity index (χ0v) is 19.1. The number of benzene rings is 3. The summed E-state index contributed by atoms with van der Waals surface area (Å²) in [5, 5.41) is 5.95. The normalized spacial score (nSPS) is 11.0. The molecule has 0 saturated carbocycles. The number of nitrogens with one attached hydrogen (secondary N) is 2. The van der Waals surface area contributed by atoms with E-state index in [4.69, 9.17) is 27.9 Å². The maximum atomic E-state index is 12.5. The van der Waals surface area contributed by atoms with E-state index in [0.29, 0.717) is 22.1 Å². The molecule has 0 bridgehead atoms. The van der Waals surface area contributed by atoms with Gasteiger partial charge < -0.3 is 15.4 Å². The van der Waals surface area contributed by atoms with Crippen molar-refractivity contribution >= 4 is 56.2 Å². The SMILES string of the molecule is CS(=O)(=O)c1cccc(C(=O)Nc2ccc(NC(=O)COc3cccc(Cl)c3)cc2Cl)c1. The third kappa shape index (κ3) is 6.46. The number of ether oxygens (including phenoxy) is 1. The Kier molecular flexibility index (Phi) is 7.40. The van der Waals surface area contributed by atoms with E-state index in [-0.39, 0.29) is 22.1 Å². The fourth-order valence-electron chi connectivity index (χ4n) is 2.66. The number of halogens is 2. The topological polar surface area (TPSA) is 102 Å². The van der Waals surface area contributed by atoms with E-state index in [1.807, 2.05) is 0 Å². The smallest absolute Gasteiger partial charge is 0.262 e. The summed E-state index contributed by atoms with van der Waals surface area (Å²) in [6.45, 7) is -0.229. The molecule has 0 radical (unpaired) electrons. The van der Waals surface area contributed by atoms with E-state index in [0.717, 1.165) is 6.26 Å². The van der Waals surface area contributed by atoms with Crippen molar-refractivity contribution in [1.82, 2.24) is 0 Å². The van der Waals surface area contributed by atoms with Gasteiger partial charge in [-0.25, -0.2) is 8.42 Å². The molecule has 3 rings (SSSR count). The van der Waals surface area contributed by atoms with Gasteiger partial charge in [0.1, 0.15) is 5.75 Å². The molecular weight excluding hydrogens is 475 g/mol. The van der Waals surface area contributed by atoms with Gasteiger partial charge in [-0.1, -0.05) is 35.3 Å². The van der Waals surface area contributed by atoms with Gasteiger partial charge in [0, 0.05) is 22.5 Å². The van der Waals surface area contributed by atoms with E-state index >= 15 is 0 Å². The lowest BCUT2D eigenvalue weighted by atomic mass is 10.2. The van der Waals surface area contributed by atoms with Crippen LogP contribution in [0.5, 0.6) is 5.75 Å². The van der Waals surface area contributed by atoms with Gasteiger partial charge in [-0.05, 0) is 54.6 Å². The lowest BCUT2D eigenvalue weighted by Gasteiger charge is -2.11. The second kappa shape index (κ2) is 10.0. The Bertz CT molecular complexity index is 1280. The maximum absolute atomic E-state index is 12.5. The van der Waals surface area contributed by atoms with Crippen molar-refractivity contribution in [1.29, 1.82) is 0 Å². The molecule has 0 spiro atoms. The summed E-state index contributed by atoms with van der Waals surface area (Å²) < 4.78 is 28.8. The Hall–Kier alpha value is -3.07. The summed E-state index contributed by atoms with van der Waals surface area (Å²) in [5.74, 6) is -0.469. The highest BCUT2D eigenvalue weighted by atomic mass is 35.5. The highest BCUT2D eigenvalue weighted by Gasteiger charge is 2.14. The number of anilines is 2. The Morgan fingerprint density at radius 1 is 0.938 bits per heavy atom. The van der Waals surface area contributed by atoms with Gasteiger partial charge in [0.05, 0.1) is 15.6 Å². The molecule has 7 nitrogen and oxygen atoms in total. The van der Waals surface area contributed by atoms with Crippen molar-refractivity contribution in [3.63, 3.8) is 0 Å². The van der Waals surface area contributed by atoms with Crippen LogP contribution in [0.1, 0.15) is 10.4 Å². The first-order valence-corrected chi connectivity index (χ1v) is 11.9. The molecule has 0 atom stereocenters. The average Bonchev–Trinajstić information content (AvgIpc) is 2.74. The van der Waals surface area contributed by atoms with Crippen LogP contribution in [-0.2, 0) is 14.6 Å². The molecule has 0 aliphatic rings. The molecule has 32 heavy (non-hydrogen) atoms. The highest BCUT2D eigenvalue weighted by molar-refractivity contribution is 7.90. The largest absolute Gasteiger partial charge is 0.484 e. The van der Waals surface area contributed by atoms with E-state index < -0.39 is 21.7 Å². The Morgan fingerprint density at radius 2 is 1.69 bits per heavy atom. The summed E-state index contributed by atoms with van der Waals surface area (Å²) in [4.78, 5) is 24.6. The number of hydrogen-bond acceptors (Lipinski definition) is 5. The van der Waals surface area contributed by atoms with Crippen LogP contribution in [0.2, 0.25) is 10.0 Å². The molecule has 0 saturated heterocycles. The number of hydrogen-bond donors (Lipinski definition) is 2. The van der Waals surface area contributed by atoms with Crippen LogP contribution in [0, 0.1) is 0 Å². The maximum Gasteiger partial charge on any atom is 0.262 e. The molecule has 0 aliphatic heterocycles. The summed E-state index contributed by atoms with van der Waals surface area (Å²) in [6.07, 6.45) is 1.06. The molecule has 3 aromatic carbocycles. The standard InChI is InChI=1S/C22H18Cl2N2O5S/c1-32(29,30)18-7-2-4-14(10-18)22(28)26-20-9-8-16(12-19(20)24)25-21(27)13-31-17-6-3-5-15(23)11-17/h2-12H,13H2,1H3,(H,25,27)(H,26,28). The molecular formula is C22H18Cl2N2O5S. The van der Waals surface area contributed by atoms with Gasteiger partial charge in [0.25, 0.3) is 11.8 Å². The van der Waals surface area contributed by atoms with Gasteiger partial charge in [-0.2, -0.15) is 0 Å². The molecule has 0 aliphatic carbocycles. The van der Waals surface area contributed by atoms with Crippen LogP contribution >= 0.6 is 23.2 Å². The molecule has 0 fully saturated rings. The van der Waals surface area contributed by atoms with Gasteiger partial charge in [0.15, 0.2) is 16.4 Å². The van der Waals surface area contributed by atoms with Gasteiger partial charge in [-0.15, -0.1) is 0 Å². The van der Waals surface area contributed by atoms with Gasteiger partial charge >= 0.3 is 0 Å². The molecule has 3 aromatic rings. The van der Waals surface area contributed by atoms with E-state index in [9.17, 15) is 18.0 Å². The van der Waals surface area contributed by atoms with Crippen LogP contribution < -0.4 is 15.4 Å². The quantitative estimate of drug-likeness (QED) is 0.498. The van der Waals surface area contributed by atoms with Crippen molar-refractivity contribution in [2.24, 2.45) is 0 Å². The number of amides is 2. The lowest BCUT2D eigenvalue weighted by Crippen LogP contribution is -2.20. The van der Waals surface area contributed by atoms with E-state index in [2.05, 4.69) is 10.6 Å². The number of rotatable bonds is 7. The predicted molar refractivity (Wildman–Crippen MR) is 125 cm³/mol. The van der Waals surface area contributed by atoms with E-state index in [1.54, 1.807) is 30.3 Å².